The maximum atomic E-state index is 12.6. The molecule has 3 N–H and O–H groups in total. The number of rotatable bonds is 6. The molecule has 33 heavy (non-hydrogen) atoms. The van der Waals surface area contributed by atoms with Crippen molar-refractivity contribution >= 4 is 51.7 Å². The average Bonchev–Trinajstić information content (AvgIpc) is 3.35. The summed E-state index contributed by atoms with van der Waals surface area (Å²) in [6.45, 7) is 1.20. The number of benzene rings is 3. The van der Waals surface area contributed by atoms with Crippen LogP contribution in [-0.2, 0) is 9.53 Å². The minimum absolute atomic E-state index is 0.0583. The van der Waals surface area contributed by atoms with Crippen molar-refractivity contribution in [1.82, 2.24) is 10.6 Å². The first-order valence-electron chi connectivity index (χ1n) is 10.9. The number of fused-ring (bicyclic) bond motifs is 1. The summed E-state index contributed by atoms with van der Waals surface area (Å²) in [5, 5.41) is 10.8. The van der Waals surface area contributed by atoms with E-state index in [1.165, 1.54) is 6.08 Å². The van der Waals surface area contributed by atoms with E-state index in [0.29, 0.717) is 17.8 Å². The van der Waals surface area contributed by atoms with Gasteiger partial charge in [-0.15, -0.1) is 0 Å². The van der Waals surface area contributed by atoms with Gasteiger partial charge in [0.25, 0.3) is 5.91 Å². The first-order valence-corrected chi connectivity index (χ1v) is 11.3. The SMILES string of the molecule is O=C(/C=C/c1cccc2ccccc12)NC(=S)Nc1ccccc1C(=O)NCC1CCCO1. The van der Waals surface area contributed by atoms with E-state index in [2.05, 4.69) is 16.0 Å². The largest absolute Gasteiger partial charge is 0.376 e. The normalized spacial score (nSPS) is 15.5. The van der Waals surface area contributed by atoms with Gasteiger partial charge in [-0.05, 0) is 59.6 Å². The summed E-state index contributed by atoms with van der Waals surface area (Å²) in [6, 6.07) is 20.9. The molecule has 168 valence electrons. The lowest BCUT2D eigenvalue weighted by molar-refractivity contribution is -0.115. The molecule has 0 aromatic heterocycles. The summed E-state index contributed by atoms with van der Waals surface area (Å²) >= 11 is 5.29. The predicted molar refractivity (Wildman–Crippen MR) is 135 cm³/mol. The van der Waals surface area contributed by atoms with E-state index >= 15 is 0 Å². The minimum atomic E-state index is -0.360. The van der Waals surface area contributed by atoms with E-state index in [9.17, 15) is 9.59 Å². The molecule has 2 amide bonds. The quantitative estimate of drug-likeness (QED) is 0.379. The summed E-state index contributed by atoms with van der Waals surface area (Å²) in [6.07, 6.45) is 5.22. The van der Waals surface area contributed by atoms with E-state index in [1.807, 2.05) is 42.5 Å². The van der Waals surface area contributed by atoms with Gasteiger partial charge in [-0.1, -0.05) is 54.6 Å². The molecule has 1 aliphatic heterocycles. The zero-order chi connectivity index (χ0) is 23.0. The third kappa shape index (κ3) is 6.03. The van der Waals surface area contributed by atoms with Gasteiger partial charge in [0.15, 0.2) is 5.11 Å². The molecule has 0 spiro atoms. The molecule has 1 atom stereocenters. The Kier molecular flexibility index (Phi) is 7.44. The Bertz CT molecular complexity index is 1200. The van der Waals surface area contributed by atoms with Crippen LogP contribution < -0.4 is 16.0 Å². The molecule has 3 aromatic carbocycles. The van der Waals surface area contributed by atoms with Crippen LogP contribution >= 0.6 is 12.2 Å². The number of anilines is 1. The molecule has 1 fully saturated rings. The maximum Gasteiger partial charge on any atom is 0.253 e. The summed E-state index contributed by atoms with van der Waals surface area (Å²) < 4.78 is 5.55. The number of carbonyl (C=O) groups excluding carboxylic acids is 2. The molecule has 0 bridgehead atoms. The van der Waals surface area contributed by atoms with Gasteiger partial charge in [-0.3, -0.25) is 14.9 Å². The van der Waals surface area contributed by atoms with E-state index in [1.54, 1.807) is 30.3 Å². The van der Waals surface area contributed by atoms with Crippen LogP contribution in [0.15, 0.2) is 72.8 Å². The number of nitrogens with one attached hydrogen (secondary N) is 3. The van der Waals surface area contributed by atoms with Gasteiger partial charge in [0, 0.05) is 19.2 Å². The monoisotopic (exact) mass is 459 g/mol. The number of carbonyl (C=O) groups is 2. The van der Waals surface area contributed by atoms with Gasteiger partial charge in [-0.25, -0.2) is 0 Å². The summed E-state index contributed by atoms with van der Waals surface area (Å²) in [5.41, 5.74) is 1.90. The number of ether oxygens (including phenoxy) is 1. The Balaban J connectivity index is 1.36. The van der Waals surface area contributed by atoms with Crippen molar-refractivity contribution in [2.24, 2.45) is 0 Å². The highest BCUT2D eigenvalue weighted by Gasteiger charge is 2.18. The van der Waals surface area contributed by atoms with Gasteiger partial charge in [-0.2, -0.15) is 0 Å². The number of amides is 2. The Morgan fingerprint density at radius 2 is 1.82 bits per heavy atom. The summed E-state index contributed by atoms with van der Waals surface area (Å²) in [7, 11) is 0. The summed E-state index contributed by atoms with van der Waals surface area (Å²) in [4.78, 5) is 25.0. The van der Waals surface area contributed by atoms with Crippen LogP contribution in [0.3, 0.4) is 0 Å². The topological polar surface area (TPSA) is 79.5 Å². The zero-order valence-corrected chi connectivity index (χ0v) is 18.9. The summed E-state index contributed by atoms with van der Waals surface area (Å²) in [5.74, 6) is -0.584. The predicted octanol–water partition coefficient (Wildman–Crippen LogP) is 4.28. The lowest BCUT2D eigenvalue weighted by atomic mass is 10.0. The molecule has 0 saturated carbocycles. The Hall–Kier alpha value is -3.55. The fourth-order valence-corrected chi connectivity index (χ4v) is 3.98. The van der Waals surface area contributed by atoms with E-state index in [-0.39, 0.29) is 23.0 Å². The number of hydrogen-bond acceptors (Lipinski definition) is 4. The van der Waals surface area contributed by atoms with Crippen molar-refractivity contribution in [3.63, 3.8) is 0 Å². The Morgan fingerprint density at radius 1 is 1.03 bits per heavy atom. The maximum absolute atomic E-state index is 12.6. The van der Waals surface area contributed by atoms with Gasteiger partial charge in [0.1, 0.15) is 0 Å². The molecule has 1 heterocycles. The number of hydrogen-bond donors (Lipinski definition) is 3. The standard InChI is InChI=1S/C26H25N3O3S/c30-24(15-14-19-9-5-8-18-7-1-2-11-21(18)19)29-26(33)28-23-13-4-3-12-22(23)25(31)27-17-20-10-6-16-32-20/h1-5,7-9,11-15,20H,6,10,16-17H2,(H,27,31)(H2,28,29,30,33)/b15-14+. The molecular weight excluding hydrogens is 434 g/mol. The van der Waals surface area contributed by atoms with Crippen molar-refractivity contribution in [3.05, 3.63) is 83.9 Å². The van der Waals surface area contributed by atoms with Gasteiger partial charge < -0.3 is 15.4 Å². The average molecular weight is 460 g/mol. The van der Waals surface area contributed by atoms with Gasteiger partial charge in [0.05, 0.1) is 17.4 Å². The first kappa shape index (κ1) is 22.6. The highest BCUT2D eigenvalue weighted by Crippen LogP contribution is 2.20. The molecule has 1 unspecified atom stereocenters. The van der Waals surface area contributed by atoms with Crippen LogP contribution in [0.1, 0.15) is 28.8 Å². The second kappa shape index (κ2) is 10.8. The van der Waals surface area contributed by atoms with Crippen molar-refractivity contribution in [2.45, 2.75) is 18.9 Å². The van der Waals surface area contributed by atoms with Crippen molar-refractivity contribution in [3.8, 4) is 0 Å². The van der Waals surface area contributed by atoms with Crippen LogP contribution in [0, 0.1) is 0 Å². The molecule has 1 saturated heterocycles. The van der Waals surface area contributed by atoms with Gasteiger partial charge >= 0.3 is 0 Å². The Labute approximate surface area is 198 Å². The third-order valence-electron chi connectivity index (χ3n) is 5.41. The molecule has 7 heteroatoms. The minimum Gasteiger partial charge on any atom is -0.376 e. The molecule has 1 aliphatic rings. The lowest BCUT2D eigenvalue weighted by Gasteiger charge is -2.14. The first-order chi connectivity index (χ1) is 16.1. The molecular formula is C26H25N3O3S. The molecule has 0 radical (unpaired) electrons. The van der Waals surface area contributed by atoms with E-state index in [4.69, 9.17) is 17.0 Å². The molecule has 3 aromatic rings. The lowest BCUT2D eigenvalue weighted by Crippen LogP contribution is -2.35. The van der Waals surface area contributed by atoms with Crippen molar-refractivity contribution in [2.75, 3.05) is 18.5 Å². The van der Waals surface area contributed by atoms with Crippen LogP contribution in [0.4, 0.5) is 5.69 Å². The molecule has 6 nitrogen and oxygen atoms in total. The zero-order valence-electron chi connectivity index (χ0n) is 18.0. The molecule has 4 rings (SSSR count). The van der Waals surface area contributed by atoms with Crippen LogP contribution in [-0.4, -0.2) is 36.2 Å². The van der Waals surface area contributed by atoms with Crippen LogP contribution in [0.2, 0.25) is 0 Å². The van der Waals surface area contributed by atoms with Crippen LogP contribution in [0.5, 0.6) is 0 Å². The van der Waals surface area contributed by atoms with E-state index in [0.717, 1.165) is 35.8 Å². The highest BCUT2D eigenvalue weighted by molar-refractivity contribution is 7.80. The van der Waals surface area contributed by atoms with E-state index < -0.39 is 0 Å². The number of para-hydroxylation sites is 1. The highest BCUT2D eigenvalue weighted by atomic mass is 32.1. The second-order valence-corrected chi connectivity index (χ2v) is 8.14. The van der Waals surface area contributed by atoms with Crippen molar-refractivity contribution < 1.29 is 14.3 Å². The van der Waals surface area contributed by atoms with Crippen molar-refractivity contribution in [1.29, 1.82) is 0 Å². The fraction of sp³-hybridized carbons (Fsp3) is 0.192. The Morgan fingerprint density at radius 3 is 2.67 bits per heavy atom. The second-order valence-electron chi connectivity index (χ2n) is 7.74. The van der Waals surface area contributed by atoms with Crippen LogP contribution in [0.25, 0.3) is 16.8 Å². The smallest absolute Gasteiger partial charge is 0.253 e. The fourth-order valence-electron chi connectivity index (χ4n) is 3.77. The van der Waals surface area contributed by atoms with Gasteiger partial charge in [0.2, 0.25) is 5.91 Å². The molecule has 0 aliphatic carbocycles. The number of thiocarbonyl (C=S) groups is 1. The third-order valence-corrected chi connectivity index (χ3v) is 5.61.